The average molecular weight is 161 g/mol. The number of pyridine rings is 1. The third-order valence-corrected chi connectivity index (χ3v) is 2.14. The zero-order valence-corrected chi connectivity index (χ0v) is 7.20. The highest BCUT2D eigenvalue weighted by atomic mass is 15.1. The minimum Gasteiger partial charge on any atom is -0.385 e. The third kappa shape index (κ3) is 0.794. The molecule has 62 valence electrons. The smallest absolute Gasteiger partial charge is 0.138 e. The maximum atomic E-state index is 5.79. The van der Waals surface area contributed by atoms with Gasteiger partial charge in [-0.25, -0.2) is 4.98 Å². The van der Waals surface area contributed by atoms with Crippen LogP contribution in [-0.2, 0) is 0 Å². The largest absolute Gasteiger partial charge is 0.385 e. The Morgan fingerprint density at radius 2 is 2.08 bits per heavy atom. The van der Waals surface area contributed by atoms with Crippen molar-refractivity contribution in [2.45, 2.75) is 13.8 Å². The molecule has 2 aromatic heterocycles. The lowest BCUT2D eigenvalue weighted by Crippen LogP contribution is -1.97. The van der Waals surface area contributed by atoms with E-state index in [1.54, 1.807) is 0 Å². The first-order valence-corrected chi connectivity index (χ1v) is 3.90. The van der Waals surface area contributed by atoms with Gasteiger partial charge in [-0.15, -0.1) is 0 Å². The van der Waals surface area contributed by atoms with Crippen molar-refractivity contribution in [2.75, 3.05) is 5.73 Å². The number of imidazole rings is 1. The quantitative estimate of drug-likeness (QED) is 0.636. The normalized spacial score (nSPS) is 10.8. The molecule has 0 spiro atoms. The minimum atomic E-state index is 0.741. The van der Waals surface area contributed by atoms with Crippen molar-refractivity contribution in [1.29, 1.82) is 0 Å². The number of hydrogen-bond acceptors (Lipinski definition) is 2. The number of nitrogens with zero attached hydrogens (tertiary/aromatic N) is 2. The number of rotatable bonds is 0. The van der Waals surface area contributed by atoms with Crippen LogP contribution in [0.5, 0.6) is 0 Å². The predicted octanol–water partition coefficient (Wildman–Crippen LogP) is 1.53. The van der Waals surface area contributed by atoms with E-state index in [1.807, 2.05) is 36.4 Å². The molecule has 0 atom stereocenters. The van der Waals surface area contributed by atoms with Crippen LogP contribution in [0, 0.1) is 13.8 Å². The summed E-state index contributed by atoms with van der Waals surface area (Å²) in [6, 6.07) is 5.74. The number of nitrogens with two attached hydrogens (primary N) is 1. The molecule has 0 aliphatic carbocycles. The molecule has 0 aliphatic rings. The van der Waals surface area contributed by atoms with E-state index in [2.05, 4.69) is 4.98 Å². The molecule has 2 N–H and O–H groups in total. The molecule has 0 amide bonds. The Balaban J connectivity index is 2.97. The highest BCUT2D eigenvalue weighted by Gasteiger charge is 2.04. The van der Waals surface area contributed by atoms with E-state index < -0.39 is 0 Å². The minimum absolute atomic E-state index is 0.741. The predicted molar refractivity (Wildman–Crippen MR) is 49.1 cm³/mol. The van der Waals surface area contributed by atoms with E-state index >= 15 is 0 Å². The summed E-state index contributed by atoms with van der Waals surface area (Å²) < 4.78 is 1.95. The summed E-state index contributed by atoms with van der Waals surface area (Å²) in [6.07, 6.45) is 0. The first-order valence-electron chi connectivity index (χ1n) is 3.90. The van der Waals surface area contributed by atoms with Gasteiger partial charge in [0.25, 0.3) is 0 Å². The van der Waals surface area contributed by atoms with Gasteiger partial charge in [-0.3, -0.25) is 4.40 Å². The SMILES string of the molecule is Cc1nc2cccc(N)n2c1C. The highest BCUT2D eigenvalue weighted by molar-refractivity contribution is 5.50. The van der Waals surface area contributed by atoms with Gasteiger partial charge in [0.2, 0.25) is 0 Å². The summed E-state index contributed by atoms with van der Waals surface area (Å²) in [4.78, 5) is 4.36. The maximum absolute atomic E-state index is 5.79. The summed E-state index contributed by atoms with van der Waals surface area (Å²) in [5, 5.41) is 0. The van der Waals surface area contributed by atoms with Crippen LogP contribution in [0.3, 0.4) is 0 Å². The fraction of sp³-hybridized carbons (Fsp3) is 0.222. The van der Waals surface area contributed by atoms with Crippen molar-refractivity contribution < 1.29 is 0 Å². The molecule has 2 aromatic rings. The van der Waals surface area contributed by atoms with Crippen LogP contribution in [0.15, 0.2) is 18.2 Å². The molecule has 3 heteroatoms. The van der Waals surface area contributed by atoms with Gasteiger partial charge >= 0.3 is 0 Å². The van der Waals surface area contributed by atoms with Crippen molar-refractivity contribution in [3.63, 3.8) is 0 Å². The number of aryl methyl sites for hydroxylation is 2. The lowest BCUT2D eigenvalue weighted by atomic mass is 10.4. The fourth-order valence-corrected chi connectivity index (χ4v) is 1.38. The lowest BCUT2D eigenvalue weighted by Gasteiger charge is -1.99. The van der Waals surface area contributed by atoms with Gasteiger partial charge < -0.3 is 5.73 Å². The molecule has 0 bridgehead atoms. The van der Waals surface area contributed by atoms with Crippen LogP contribution in [0.1, 0.15) is 11.4 Å². The number of hydrogen-bond donors (Lipinski definition) is 1. The Morgan fingerprint density at radius 1 is 1.33 bits per heavy atom. The van der Waals surface area contributed by atoms with Gasteiger partial charge in [-0.1, -0.05) is 6.07 Å². The molecule has 0 saturated carbocycles. The second-order valence-corrected chi connectivity index (χ2v) is 2.93. The number of aromatic nitrogens is 2. The molecule has 0 aromatic carbocycles. The van der Waals surface area contributed by atoms with E-state index in [0.717, 1.165) is 22.9 Å². The van der Waals surface area contributed by atoms with E-state index in [1.165, 1.54) is 0 Å². The Morgan fingerprint density at radius 3 is 2.75 bits per heavy atom. The zero-order valence-electron chi connectivity index (χ0n) is 7.20. The van der Waals surface area contributed by atoms with Gasteiger partial charge in [0.1, 0.15) is 11.5 Å². The summed E-state index contributed by atoms with van der Waals surface area (Å²) >= 11 is 0. The molecule has 0 radical (unpaired) electrons. The number of nitrogen functional groups attached to an aromatic ring is 1. The second-order valence-electron chi connectivity index (χ2n) is 2.93. The Labute approximate surface area is 70.8 Å². The highest BCUT2D eigenvalue weighted by Crippen LogP contribution is 2.14. The standard InChI is InChI=1S/C9H11N3/c1-6-7(2)12-8(10)4-3-5-9(12)11-6/h3-5H,10H2,1-2H3. The van der Waals surface area contributed by atoms with E-state index in [-0.39, 0.29) is 0 Å². The van der Waals surface area contributed by atoms with Crippen LogP contribution >= 0.6 is 0 Å². The molecule has 0 fully saturated rings. The second kappa shape index (κ2) is 2.24. The molecule has 0 saturated heterocycles. The van der Waals surface area contributed by atoms with Gasteiger partial charge in [-0.2, -0.15) is 0 Å². The van der Waals surface area contributed by atoms with Crippen LogP contribution < -0.4 is 5.73 Å². The van der Waals surface area contributed by atoms with E-state index in [9.17, 15) is 0 Å². The van der Waals surface area contributed by atoms with E-state index in [0.29, 0.717) is 0 Å². The van der Waals surface area contributed by atoms with Crippen LogP contribution in [0.4, 0.5) is 5.82 Å². The first kappa shape index (κ1) is 7.16. The Kier molecular flexibility index (Phi) is 1.33. The van der Waals surface area contributed by atoms with Crippen LogP contribution in [0.2, 0.25) is 0 Å². The van der Waals surface area contributed by atoms with Gasteiger partial charge in [0.05, 0.1) is 5.69 Å². The molecule has 12 heavy (non-hydrogen) atoms. The molecular formula is C9H11N3. The summed E-state index contributed by atoms with van der Waals surface area (Å²) in [5.74, 6) is 0.741. The van der Waals surface area contributed by atoms with Gasteiger partial charge in [0.15, 0.2) is 0 Å². The summed E-state index contributed by atoms with van der Waals surface area (Å²) in [5.41, 5.74) is 8.86. The van der Waals surface area contributed by atoms with Crippen LogP contribution in [-0.4, -0.2) is 9.38 Å². The van der Waals surface area contributed by atoms with E-state index in [4.69, 9.17) is 5.73 Å². The first-order chi connectivity index (χ1) is 5.70. The third-order valence-electron chi connectivity index (χ3n) is 2.14. The molecule has 3 nitrogen and oxygen atoms in total. The summed E-state index contributed by atoms with van der Waals surface area (Å²) in [6.45, 7) is 4.01. The lowest BCUT2D eigenvalue weighted by molar-refractivity contribution is 1.11. The van der Waals surface area contributed by atoms with Gasteiger partial charge in [-0.05, 0) is 26.0 Å². The Bertz CT molecular complexity index is 429. The Hall–Kier alpha value is -1.51. The van der Waals surface area contributed by atoms with Crippen molar-refractivity contribution >= 4 is 11.5 Å². The van der Waals surface area contributed by atoms with Crippen LogP contribution in [0.25, 0.3) is 5.65 Å². The summed E-state index contributed by atoms with van der Waals surface area (Å²) in [7, 11) is 0. The molecular weight excluding hydrogens is 150 g/mol. The zero-order chi connectivity index (χ0) is 8.72. The maximum Gasteiger partial charge on any atom is 0.138 e. The average Bonchev–Trinajstić information content (AvgIpc) is 2.29. The molecule has 0 unspecified atom stereocenters. The van der Waals surface area contributed by atoms with Crippen molar-refractivity contribution in [1.82, 2.24) is 9.38 Å². The fourth-order valence-electron chi connectivity index (χ4n) is 1.38. The topological polar surface area (TPSA) is 43.3 Å². The van der Waals surface area contributed by atoms with Crippen molar-refractivity contribution in [2.24, 2.45) is 0 Å². The molecule has 0 aliphatic heterocycles. The number of anilines is 1. The monoisotopic (exact) mass is 161 g/mol. The molecule has 2 heterocycles. The molecule has 2 rings (SSSR count). The van der Waals surface area contributed by atoms with Gasteiger partial charge in [0, 0.05) is 5.69 Å². The van der Waals surface area contributed by atoms with Crippen molar-refractivity contribution in [3.8, 4) is 0 Å². The van der Waals surface area contributed by atoms with Crippen molar-refractivity contribution in [3.05, 3.63) is 29.6 Å². The number of fused-ring (bicyclic) bond motifs is 1.